The Morgan fingerprint density at radius 3 is 2.64 bits per heavy atom. The van der Waals surface area contributed by atoms with E-state index < -0.39 is 23.0 Å². The highest BCUT2D eigenvalue weighted by Gasteiger charge is 2.30. The third kappa shape index (κ3) is 4.09. The number of aryl methyl sites for hydroxylation is 1. The predicted octanol–water partition coefficient (Wildman–Crippen LogP) is 2.33. The Morgan fingerprint density at radius 2 is 1.94 bits per heavy atom. The Bertz CT molecular complexity index is 1550. The van der Waals surface area contributed by atoms with Gasteiger partial charge in [-0.2, -0.15) is 13.2 Å². The van der Waals surface area contributed by atoms with Crippen LogP contribution in [0.3, 0.4) is 0 Å². The molecular weight excluding hydrogens is 507 g/mol. The molecule has 4 rings (SSSR count). The summed E-state index contributed by atoms with van der Waals surface area (Å²) in [6.07, 6.45) is -3.14. The minimum atomic E-state index is -4.51. The number of hydrogen-bond acceptors (Lipinski definition) is 5. The van der Waals surface area contributed by atoms with Gasteiger partial charge in [0.15, 0.2) is 15.9 Å². The molecule has 0 N–H and O–H groups in total. The monoisotopic (exact) mass is 521 g/mol. The van der Waals surface area contributed by atoms with Crippen molar-refractivity contribution in [1.82, 2.24) is 33.7 Å². The van der Waals surface area contributed by atoms with Gasteiger partial charge in [0.2, 0.25) is 0 Å². The van der Waals surface area contributed by atoms with Crippen LogP contribution in [0.1, 0.15) is 18.2 Å². The highest BCUT2D eigenvalue weighted by atomic mass is 79.9. The summed E-state index contributed by atoms with van der Waals surface area (Å²) >= 11 is 3.29. The van der Waals surface area contributed by atoms with E-state index in [4.69, 9.17) is 0 Å². The molecule has 0 atom stereocenters. The van der Waals surface area contributed by atoms with Crippen molar-refractivity contribution in [2.24, 2.45) is 7.05 Å². The van der Waals surface area contributed by atoms with E-state index in [9.17, 15) is 22.8 Å². The maximum atomic E-state index is 13.2. The molecule has 170 valence electrons. The van der Waals surface area contributed by atoms with Crippen molar-refractivity contribution in [1.29, 1.82) is 0 Å². The minimum Gasteiger partial charge on any atom is -0.301 e. The number of hydrogen-bond donors (Lipinski definition) is 0. The standard InChI is InChI=1S/C20H15BrF3N7O2/c1-3-4-8-29-15-16(25-18(29)21)28(2)19(33)30(17(15)32)10-13-11-31(27-26-13)14-7-5-6-12(9-14)20(22,23)24/h5-7,9,11H,8,10H2,1-2H3. The van der Waals surface area contributed by atoms with Crippen LogP contribution in [0.4, 0.5) is 13.2 Å². The van der Waals surface area contributed by atoms with E-state index in [0.717, 1.165) is 21.4 Å². The Balaban J connectivity index is 1.77. The third-order valence-corrected chi connectivity index (χ3v) is 5.50. The number of halogens is 4. The fourth-order valence-corrected chi connectivity index (χ4v) is 3.74. The molecule has 3 aromatic heterocycles. The highest BCUT2D eigenvalue weighted by molar-refractivity contribution is 9.10. The lowest BCUT2D eigenvalue weighted by atomic mass is 10.2. The molecule has 0 saturated heterocycles. The molecule has 0 aliphatic heterocycles. The lowest BCUT2D eigenvalue weighted by molar-refractivity contribution is -0.137. The van der Waals surface area contributed by atoms with Gasteiger partial charge in [-0.1, -0.05) is 17.2 Å². The third-order valence-electron chi connectivity index (χ3n) is 4.90. The summed E-state index contributed by atoms with van der Waals surface area (Å²) in [5, 5.41) is 7.76. The largest absolute Gasteiger partial charge is 0.416 e. The van der Waals surface area contributed by atoms with Crippen molar-refractivity contribution in [3.05, 3.63) is 67.3 Å². The fraction of sp³-hybridized carbons (Fsp3) is 0.250. The zero-order chi connectivity index (χ0) is 23.9. The van der Waals surface area contributed by atoms with Gasteiger partial charge in [0, 0.05) is 7.05 Å². The molecule has 0 amide bonds. The van der Waals surface area contributed by atoms with Crippen LogP contribution in [0.5, 0.6) is 0 Å². The first-order valence-corrected chi connectivity index (χ1v) is 10.2. The SMILES string of the molecule is CC#CCn1c(Br)nc2c1c(=O)n(Cc1cn(-c3cccc(C(F)(F)F)c3)nn1)c(=O)n2C. The van der Waals surface area contributed by atoms with E-state index in [-0.39, 0.29) is 35.6 Å². The summed E-state index contributed by atoms with van der Waals surface area (Å²) in [6.45, 7) is 1.62. The number of imidazole rings is 1. The Hall–Kier alpha value is -3.66. The van der Waals surface area contributed by atoms with E-state index in [1.54, 1.807) is 11.5 Å². The summed E-state index contributed by atoms with van der Waals surface area (Å²) in [5.74, 6) is 5.59. The van der Waals surface area contributed by atoms with Gasteiger partial charge in [-0.05, 0) is 41.1 Å². The van der Waals surface area contributed by atoms with E-state index in [2.05, 4.69) is 43.1 Å². The molecule has 0 aliphatic carbocycles. The van der Waals surface area contributed by atoms with Gasteiger partial charge in [0.1, 0.15) is 5.69 Å². The number of fused-ring (bicyclic) bond motifs is 1. The van der Waals surface area contributed by atoms with Gasteiger partial charge in [-0.3, -0.25) is 13.9 Å². The molecule has 0 bridgehead atoms. The van der Waals surface area contributed by atoms with Gasteiger partial charge >= 0.3 is 11.9 Å². The van der Waals surface area contributed by atoms with Crippen LogP contribution < -0.4 is 11.2 Å². The average Bonchev–Trinajstić information content (AvgIpc) is 3.38. The van der Waals surface area contributed by atoms with Gasteiger partial charge in [-0.25, -0.2) is 14.5 Å². The van der Waals surface area contributed by atoms with E-state index in [1.165, 1.54) is 29.9 Å². The molecule has 0 spiro atoms. The van der Waals surface area contributed by atoms with Crippen molar-refractivity contribution in [2.75, 3.05) is 0 Å². The molecule has 3 heterocycles. The van der Waals surface area contributed by atoms with E-state index >= 15 is 0 Å². The Morgan fingerprint density at radius 1 is 1.18 bits per heavy atom. The van der Waals surface area contributed by atoms with Crippen LogP contribution in [-0.4, -0.2) is 33.7 Å². The molecule has 9 nitrogen and oxygen atoms in total. The molecule has 33 heavy (non-hydrogen) atoms. The molecule has 13 heteroatoms. The number of alkyl halides is 3. The van der Waals surface area contributed by atoms with Crippen molar-refractivity contribution in [3.63, 3.8) is 0 Å². The summed E-state index contributed by atoms with van der Waals surface area (Å²) in [4.78, 5) is 30.2. The Kier molecular flexibility index (Phi) is 5.71. The molecule has 0 fully saturated rings. The average molecular weight is 522 g/mol. The summed E-state index contributed by atoms with van der Waals surface area (Å²) in [6, 6.07) is 4.58. The lowest BCUT2D eigenvalue weighted by Crippen LogP contribution is -2.40. The lowest BCUT2D eigenvalue weighted by Gasteiger charge is -2.08. The van der Waals surface area contributed by atoms with Crippen molar-refractivity contribution >= 4 is 27.1 Å². The van der Waals surface area contributed by atoms with Gasteiger partial charge in [0.25, 0.3) is 5.56 Å². The van der Waals surface area contributed by atoms with E-state index in [0.29, 0.717) is 4.73 Å². The summed E-state index contributed by atoms with van der Waals surface area (Å²) in [5.41, 5.74) is -1.33. The smallest absolute Gasteiger partial charge is 0.301 e. The van der Waals surface area contributed by atoms with E-state index in [1.807, 2.05) is 0 Å². The zero-order valence-electron chi connectivity index (χ0n) is 17.3. The molecule has 0 saturated carbocycles. The van der Waals surface area contributed by atoms with Crippen molar-refractivity contribution in [2.45, 2.75) is 26.2 Å². The Labute approximate surface area is 192 Å². The maximum absolute atomic E-state index is 13.2. The molecule has 1 aromatic carbocycles. The topological polar surface area (TPSA) is 92.5 Å². The van der Waals surface area contributed by atoms with Crippen LogP contribution in [-0.2, 0) is 26.3 Å². The van der Waals surface area contributed by atoms with Crippen LogP contribution in [0.2, 0.25) is 0 Å². The highest BCUT2D eigenvalue weighted by Crippen LogP contribution is 2.30. The number of rotatable bonds is 4. The van der Waals surface area contributed by atoms with Crippen LogP contribution in [0.25, 0.3) is 16.9 Å². The van der Waals surface area contributed by atoms with Crippen molar-refractivity contribution in [3.8, 4) is 17.5 Å². The van der Waals surface area contributed by atoms with Crippen LogP contribution in [0, 0.1) is 11.8 Å². The predicted molar refractivity (Wildman–Crippen MR) is 116 cm³/mol. The number of benzene rings is 1. The van der Waals surface area contributed by atoms with Crippen LogP contribution >= 0.6 is 15.9 Å². The molecule has 0 unspecified atom stereocenters. The number of nitrogens with zero attached hydrogens (tertiary/aromatic N) is 7. The second-order valence-corrected chi connectivity index (χ2v) is 7.71. The molecule has 0 radical (unpaired) electrons. The normalized spacial score (nSPS) is 11.6. The first-order valence-electron chi connectivity index (χ1n) is 9.46. The fourth-order valence-electron chi connectivity index (χ4n) is 3.27. The first kappa shape index (κ1) is 22.5. The molecular formula is C20H15BrF3N7O2. The minimum absolute atomic E-state index is 0.138. The zero-order valence-corrected chi connectivity index (χ0v) is 18.8. The quantitative estimate of drug-likeness (QED) is 0.303. The van der Waals surface area contributed by atoms with Gasteiger partial charge < -0.3 is 4.57 Å². The second kappa shape index (κ2) is 8.36. The molecule has 4 aromatic rings. The first-order chi connectivity index (χ1) is 15.6. The number of aromatic nitrogens is 7. The van der Waals surface area contributed by atoms with Gasteiger partial charge in [0.05, 0.1) is 30.5 Å². The van der Waals surface area contributed by atoms with Crippen molar-refractivity contribution < 1.29 is 13.2 Å². The second-order valence-electron chi connectivity index (χ2n) is 7.00. The summed E-state index contributed by atoms with van der Waals surface area (Å²) < 4.78 is 44.2. The van der Waals surface area contributed by atoms with Gasteiger partial charge in [-0.15, -0.1) is 11.0 Å². The van der Waals surface area contributed by atoms with Crippen LogP contribution in [0.15, 0.2) is 44.8 Å². The maximum Gasteiger partial charge on any atom is 0.416 e. The molecule has 0 aliphatic rings. The summed E-state index contributed by atoms with van der Waals surface area (Å²) in [7, 11) is 1.48.